The first kappa shape index (κ1) is 24.5. The summed E-state index contributed by atoms with van der Waals surface area (Å²) in [4.78, 5) is 12.7. The Hall–Kier alpha value is -4.56. The second kappa shape index (κ2) is 10.2. The monoisotopic (exact) mass is 531 g/mol. The van der Waals surface area contributed by atoms with Crippen molar-refractivity contribution in [1.82, 2.24) is 30.5 Å². The highest BCUT2D eigenvalue weighted by Crippen LogP contribution is 2.35. The van der Waals surface area contributed by atoms with Gasteiger partial charge in [-0.1, -0.05) is 25.0 Å². The molecule has 1 aliphatic carbocycles. The van der Waals surface area contributed by atoms with Crippen LogP contribution >= 0.6 is 0 Å². The number of pyridine rings is 2. The minimum absolute atomic E-state index is 0.357. The fraction of sp³-hybridized carbons (Fsp3) is 0.219. The van der Waals surface area contributed by atoms with Crippen molar-refractivity contribution in [3.8, 4) is 33.8 Å². The summed E-state index contributed by atoms with van der Waals surface area (Å²) in [6.45, 7) is 1.86. The van der Waals surface area contributed by atoms with Crippen molar-refractivity contribution in [1.29, 1.82) is 0 Å². The molecule has 0 radical (unpaired) electrons. The third kappa shape index (κ3) is 4.71. The maximum absolute atomic E-state index is 14.1. The van der Waals surface area contributed by atoms with Crippen molar-refractivity contribution >= 4 is 27.5 Å². The van der Waals surface area contributed by atoms with Gasteiger partial charge in [-0.15, -0.1) is 0 Å². The molecule has 4 aromatic heterocycles. The Morgan fingerprint density at radius 3 is 2.70 bits per heavy atom. The number of nitrogens with zero attached hydrogens (tertiary/aromatic N) is 3. The highest BCUT2D eigenvalue weighted by atomic mass is 19.1. The molecular formula is C32H30FN7. The Kier molecular flexibility index (Phi) is 6.24. The lowest BCUT2D eigenvalue weighted by Gasteiger charge is -2.11. The van der Waals surface area contributed by atoms with Crippen LogP contribution in [0.3, 0.4) is 0 Å². The topological polar surface area (TPSA) is 108 Å². The maximum atomic E-state index is 14.1. The molecule has 200 valence electrons. The van der Waals surface area contributed by atoms with Gasteiger partial charge in [0.05, 0.1) is 23.1 Å². The molecule has 0 atom stereocenters. The summed E-state index contributed by atoms with van der Waals surface area (Å²) in [6, 6.07) is 16.8. The van der Waals surface area contributed by atoms with E-state index in [1.54, 1.807) is 6.07 Å². The minimum atomic E-state index is -0.357. The van der Waals surface area contributed by atoms with Gasteiger partial charge in [0.2, 0.25) is 0 Å². The van der Waals surface area contributed by atoms with Gasteiger partial charge >= 0.3 is 0 Å². The van der Waals surface area contributed by atoms with Crippen molar-refractivity contribution in [2.75, 3.05) is 12.3 Å². The number of nitrogen functional groups attached to an aromatic ring is 1. The van der Waals surface area contributed by atoms with Crippen LogP contribution in [-0.4, -0.2) is 31.7 Å². The molecule has 0 aliphatic heterocycles. The van der Waals surface area contributed by atoms with Gasteiger partial charge in [0, 0.05) is 46.5 Å². The Labute approximate surface area is 231 Å². The first-order chi connectivity index (χ1) is 19.6. The smallest absolute Gasteiger partial charge is 0.125 e. The SMILES string of the molecule is Nc1cc(F)cc(-c2cccc3[nH]c(-c4n[nH]c5cnc(-c6cncc(CNCC7CCCC7)c6)cc45)cc23)c1. The number of hydrogen-bond donors (Lipinski definition) is 4. The van der Waals surface area contributed by atoms with Gasteiger partial charge < -0.3 is 16.0 Å². The minimum Gasteiger partial charge on any atom is -0.399 e. The molecule has 1 aliphatic rings. The van der Waals surface area contributed by atoms with Crippen LogP contribution < -0.4 is 11.1 Å². The molecule has 0 saturated heterocycles. The van der Waals surface area contributed by atoms with Gasteiger partial charge in [0.15, 0.2) is 0 Å². The Balaban J connectivity index is 1.21. The summed E-state index contributed by atoms with van der Waals surface area (Å²) in [5.74, 6) is 0.441. The van der Waals surface area contributed by atoms with Crippen LogP contribution in [0.4, 0.5) is 10.1 Å². The third-order valence-corrected chi connectivity index (χ3v) is 7.93. The quantitative estimate of drug-likeness (QED) is 0.169. The molecule has 0 unspecified atom stereocenters. The van der Waals surface area contributed by atoms with Crippen LogP contribution in [-0.2, 0) is 6.54 Å². The molecule has 4 heterocycles. The van der Waals surface area contributed by atoms with Crippen molar-refractivity contribution < 1.29 is 4.39 Å². The lowest BCUT2D eigenvalue weighted by Crippen LogP contribution is -2.20. The third-order valence-electron chi connectivity index (χ3n) is 7.93. The molecule has 6 aromatic rings. The van der Waals surface area contributed by atoms with Gasteiger partial charge in [-0.2, -0.15) is 5.10 Å². The van der Waals surface area contributed by atoms with Gasteiger partial charge in [0.1, 0.15) is 11.5 Å². The van der Waals surface area contributed by atoms with Gasteiger partial charge in [-0.3, -0.25) is 15.1 Å². The molecule has 40 heavy (non-hydrogen) atoms. The van der Waals surface area contributed by atoms with Crippen LogP contribution in [0.25, 0.3) is 55.6 Å². The molecular weight excluding hydrogens is 501 g/mol. The van der Waals surface area contributed by atoms with E-state index in [-0.39, 0.29) is 5.82 Å². The number of anilines is 1. The van der Waals surface area contributed by atoms with Gasteiger partial charge in [-0.05, 0) is 84.5 Å². The lowest BCUT2D eigenvalue weighted by molar-refractivity contribution is 0.489. The summed E-state index contributed by atoms with van der Waals surface area (Å²) in [5.41, 5.74) is 14.3. The van der Waals surface area contributed by atoms with E-state index in [4.69, 9.17) is 10.7 Å². The van der Waals surface area contributed by atoms with E-state index in [1.807, 2.05) is 36.8 Å². The molecule has 0 bridgehead atoms. The van der Waals surface area contributed by atoms with Gasteiger partial charge in [0.25, 0.3) is 0 Å². The predicted molar refractivity (Wildman–Crippen MR) is 158 cm³/mol. The number of nitrogens with one attached hydrogen (secondary N) is 3. The van der Waals surface area contributed by atoms with Crippen LogP contribution in [0, 0.1) is 11.7 Å². The highest BCUT2D eigenvalue weighted by Gasteiger charge is 2.16. The van der Waals surface area contributed by atoms with E-state index in [9.17, 15) is 4.39 Å². The van der Waals surface area contributed by atoms with Crippen LogP contribution in [0.5, 0.6) is 0 Å². The lowest BCUT2D eigenvalue weighted by atomic mass is 10.0. The number of nitrogens with two attached hydrogens (primary N) is 1. The van der Waals surface area contributed by atoms with E-state index in [0.717, 1.165) is 80.1 Å². The fourth-order valence-electron chi connectivity index (χ4n) is 5.94. The zero-order chi connectivity index (χ0) is 27.1. The largest absolute Gasteiger partial charge is 0.399 e. The molecule has 1 saturated carbocycles. The molecule has 7 nitrogen and oxygen atoms in total. The summed E-state index contributed by atoms with van der Waals surface area (Å²) in [7, 11) is 0. The Morgan fingerprint density at radius 1 is 0.925 bits per heavy atom. The number of aromatic nitrogens is 5. The summed E-state index contributed by atoms with van der Waals surface area (Å²) in [6.07, 6.45) is 11.0. The first-order valence-electron chi connectivity index (χ1n) is 13.8. The first-order valence-corrected chi connectivity index (χ1v) is 13.8. The number of rotatable bonds is 7. The van der Waals surface area contributed by atoms with E-state index < -0.39 is 0 Å². The zero-order valence-corrected chi connectivity index (χ0v) is 22.0. The molecule has 0 amide bonds. The molecule has 5 N–H and O–H groups in total. The van der Waals surface area contributed by atoms with Crippen LogP contribution in [0.2, 0.25) is 0 Å². The van der Waals surface area contributed by atoms with E-state index in [1.165, 1.54) is 37.8 Å². The maximum Gasteiger partial charge on any atom is 0.125 e. The molecule has 2 aromatic carbocycles. The van der Waals surface area contributed by atoms with Crippen LogP contribution in [0.15, 0.2) is 73.2 Å². The van der Waals surface area contributed by atoms with E-state index in [2.05, 4.69) is 43.7 Å². The second-order valence-electron chi connectivity index (χ2n) is 10.8. The standard InChI is InChI=1S/C32H30FN7/c33-23-9-21(10-24(34)11-23)25-6-3-7-28-26(25)12-30(38-28)32-27-13-29(37-18-31(27)39-40-32)22-8-20(16-36-17-22)15-35-14-19-4-1-2-5-19/h3,6-13,16-19,35,38H,1-2,4-5,14-15,34H2,(H,39,40). The molecule has 8 heteroatoms. The van der Waals surface area contributed by atoms with Gasteiger partial charge in [-0.25, -0.2) is 4.39 Å². The van der Waals surface area contributed by atoms with Crippen molar-refractivity contribution in [2.24, 2.45) is 5.92 Å². The Morgan fingerprint density at radius 2 is 1.82 bits per heavy atom. The summed E-state index contributed by atoms with van der Waals surface area (Å²) < 4.78 is 14.1. The summed E-state index contributed by atoms with van der Waals surface area (Å²) >= 11 is 0. The number of halogens is 1. The number of H-pyrrole nitrogens is 2. The van der Waals surface area contributed by atoms with E-state index in [0.29, 0.717) is 5.69 Å². The zero-order valence-electron chi connectivity index (χ0n) is 22.0. The van der Waals surface area contributed by atoms with Crippen LogP contribution in [0.1, 0.15) is 31.2 Å². The highest BCUT2D eigenvalue weighted by molar-refractivity contribution is 6.01. The fourth-order valence-corrected chi connectivity index (χ4v) is 5.94. The average Bonchev–Trinajstić information content (AvgIpc) is 3.71. The van der Waals surface area contributed by atoms with Crippen molar-refractivity contribution in [3.05, 3.63) is 84.6 Å². The molecule has 1 fully saturated rings. The number of benzene rings is 2. The molecule has 0 spiro atoms. The van der Waals surface area contributed by atoms with Crippen molar-refractivity contribution in [3.63, 3.8) is 0 Å². The molecule has 7 rings (SSSR count). The second-order valence-corrected chi connectivity index (χ2v) is 10.8. The van der Waals surface area contributed by atoms with Crippen molar-refractivity contribution in [2.45, 2.75) is 32.2 Å². The number of aromatic amines is 2. The Bertz CT molecular complexity index is 1810. The number of fused-ring (bicyclic) bond motifs is 2. The predicted octanol–water partition coefficient (Wildman–Crippen LogP) is 6.84. The van der Waals surface area contributed by atoms with E-state index >= 15 is 0 Å². The normalized spacial score (nSPS) is 14.0. The average molecular weight is 532 g/mol. The number of hydrogen-bond acceptors (Lipinski definition) is 5. The summed E-state index contributed by atoms with van der Waals surface area (Å²) in [5, 5.41) is 13.3.